The van der Waals surface area contributed by atoms with Crippen LogP contribution in [0.1, 0.15) is 0 Å². The fourth-order valence-electron chi connectivity index (χ4n) is 0.370. The van der Waals surface area contributed by atoms with Crippen molar-refractivity contribution in [3.8, 4) is 0 Å². The monoisotopic (exact) mass is 392 g/mol. The van der Waals surface area contributed by atoms with Gasteiger partial charge in [-0.3, -0.25) is 0 Å². The minimum Gasteiger partial charge on any atom is -0.214 e. The van der Waals surface area contributed by atoms with Crippen molar-refractivity contribution in [3.05, 3.63) is 18.4 Å². The summed E-state index contributed by atoms with van der Waals surface area (Å²) in [6.45, 7) is 0. The Balaban J connectivity index is 3.31. The molecule has 0 bridgehead atoms. The summed E-state index contributed by atoms with van der Waals surface area (Å²) < 4.78 is 2.81. The van der Waals surface area contributed by atoms with Gasteiger partial charge in [-0.1, -0.05) is 0 Å². The second-order valence-electron chi connectivity index (χ2n) is 1.39. The molecular weight excluding hydrogens is 396 g/mol. The van der Waals surface area contributed by atoms with Crippen molar-refractivity contribution in [1.29, 1.82) is 0 Å². The number of rotatable bonds is 0. The molecule has 0 aromatic carbocycles. The number of hydrogen-bond donors (Lipinski definition) is 0. The molecule has 1 aromatic heterocycles. The van der Waals surface area contributed by atoms with Crippen LogP contribution in [0.4, 0.5) is 0 Å². The van der Waals surface area contributed by atoms with Crippen molar-refractivity contribution >= 4 is 63.7 Å². The largest absolute Gasteiger partial charge is 0.214 e. The van der Waals surface area contributed by atoms with E-state index in [4.69, 9.17) is 0 Å². The molecule has 1 aromatic rings. The quantitative estimate of drug-likeness (QED) is 0.496. The van der Waals surface area contributed by atoms with Crippen molar-refractivity contribution in [1.82, 2.24) is 9.97 Å². The molecule has 0 saturated heterocycles. The van der Waals surface area contributed by atoms with E-state index in [0.29, 0.717) is 4.73 Å². The Morgan fingerprint density at radius 1 is 0.800 bits per heavy atom. The average molecular weight is 396 g/mol. The zero-order valence-corrected chi connectivity index (χ0v) is 10.8. The Morgan fingerprint density at radius 2 is 1.20 bits per heavy atom. The third-order valence-electron chi connectivity index (χ3n) is 0.743. The summed E-state index contributed by atoms with van der Waals surface area (Å²) in [5.74, 6) is 0. The lowest BCUT2D eigenvalue weighted by Crippen LogP contribution is -1.86. The summed E-state index contributed by atoms with van der Waals surface area (Å²) in [6, 6.07) is 0. The van der Waals surface area contributed by atoms with E-state index in [-0.39, 0.29) is 0 Å². The highest BCUT2D eigenvalue weighted by atomic mass is 79.9. The van der Waals surface area contributed by atoms with Crippen LogP contribution in [0.2, 0.25) is 0 Å². The molecule has 0 aliphatic carbocycles. The van der Waals surface area contributed by atoms with E-state index < -0.39 is 0 Å². The van der Waals surface area contributed by atoms with Crippen LogP contribution in [-0.2, 0) is 0 Å². The standard InChI is InChI=1S/C4Br4N2/c5-1-2(6)9-4(8)10-3(1)7. The van der Waals surface area contributed by atoms with E-state index in [1.165, 1.54) is 0 Å². The number of nitrogens with zero attached hydrogens (tertiary/aromatic N) is 2. The molecule has 1 heterocycles. The molecule has 0 amide bonds. The highest BCUT2D eigenvalue weighted by molar-refractivity contribution is 9.14. The van der Waals surface area contributed by atoms with Crippen molar-refractivity contribution < 1.29 is 0 Å². The second-order valence-corrected chi connectivity index (χ2v) is 4.39. The molecule has 10 heavy (non-hydrogen) atoms. The molecule has 6 heteroatoms. The molecule has 0 fully saturated rings. The van der Waals surface area contributed by atoms with Crippen LogP contribution in [0.15, 0.2) is 18.4 Å². The first-order chi connectivity index (χ1) is 4.61. The number of aromatic nitrogens is 2. The average Bonchev–Trinajstić information content (AvgIpc) is 1.82. The van der Waals surface area contributed by atoms with Crippen LogP contribution in [-0.4, -0.2) is 9.97 Å². The Labute approximate surface area is 91.3 Å². The van der Waals surface area contributed by atoms with E-state index in [0.717, 1.165) is 13.7 Å². The fraction of sp³-hybridized carbons (Fsp3) is 0. The number of halogens is 4. The smallest absolute Gasteiger partial charge is 0.198 e. The number of hydrogen-bond acceptors (Lipinski definition) is 2. The maximum absolute atomic E-state index is 3.98. The van der Waals surface area contributed by atoms with E-state index in [1.807, 2.05) is 0 Å². The lowest BCUT2D eigenvalue weighted by molar-refractivity contribution is 1.04. The van der Waals surface area contributed by atoms with Crippen LogP contribution >= 0.6 is 63.7 Å². The van der Waals surface area contributed by atoms with Gasteiger partial charge in [0, 0.05) is 0 Å². The van der Waals surface area contributed by atoms with Crippen LogP contribution in [0.25, 0.3) is 0 Å². The summed E-state index contributed by atoms with van der Waals surface area (Å²) >= 11 is 12.9. The van der Waals surface area contributed by atoms with Gasteiger partial charge in [-0.15, -0.1) is 0 Å². The zero-order chi connectivity index (χ0) is 7.72. The first kappa shape index (κ1) is 9.09. The Bertz CT molecular complexity index is 238. The molecule has 1 rings (SSSR count). The van der Waals surface area contributed by atoms with E-state index in [2.05, 4.69) is 73.7 Å². The maximum atomic E-state index is 3.98. The highest BCUT2D eigenvalue weighted by Gasteiger charge is 2.04. The van der Waals surface area contributed by atoms with Gasteiger partial charge in [0.05, 0.1) is 4.47 Å². The molecule has 54 valence electrons. The van der Waals surface area contributed by atoms with Gasteiger partial charge in [-0.25, -0.2) is 9.97 Å². The molecule has 0 N–H and O–H groups in total. The minimum atomic E-state index is 0.550. The highest BCUT2D eigenvalue weighted by Crippen LogP contribution is 2.28. The fourth-order valence-corrected chi connectivity index (χ4v) is 2.36. The molecule has 0 atom stereocenters. The molecule has 0 aliphatic rings. The molecule has 0 unspecified atom stereocenters. The van der Waals surface area contributed by atoms with Crippen molar-refractivity contribution in [3.63, 3.8) is 0 Å². The zero-order valence-electron chi connectivity index (χ0n) is 4.41. The van der Waals surface area contributed by atoms with Gasteiger partial charge in [-0.2, -0.15) is 0 Å². The molecule has 0 radical (unpaired) electrons. The lowest BCUT2D eigenvalue weighted by Gasteiger charge is -1.96. The van der Waals surface area contributed by atoms with Crippen LogP contribution in [0, 0.1) is 0 Å². The van der Waals surface area contributed by atoms with Gasteiger partial charge in [0.2, 0.25) is 0 Å². The molecular formula is C4Br4N2. The van der Waals surface area contributed by atoms with Crippen LogP contribution < -0.4 is 0 Å². The van der Waals surface area contributed by atoms with Crippen LogP contribution in [0.5, 0.6) is 0 Å². The van der Waals surface area contributed by atoms with E-state index >= 15 is 0 Å². The molecule has 0 aliphatic heterocycles. The molecule has 0 saturated carbocycles. The SMILES string of the molecule is Brc1nc(Br)c(Br)c(Br)n1. The third-order valence-corrected chi connectivity index (χ3v) is 4.06. The van der Waals surface area contributed by atoms with Crippen molar-refractivity contribution in [2.24, 2.45) is 0 Å². The van der Waals surface area contributed by atoms with Gasteiger partial charge >= 0.3 is 0 Å². The van der Waals surface area contributed by atoms with E-state index in [1.54, 1.807) is 0 Å². The molecule has 0 spiro atoms. The van der Waals surface area contributed by atoms with Gasteiger partial charge in [-0.05, 0) is 63.7 Å². The third kappa shape index (κ3) is 1.99. The first-order valence-electron chi connectivity index (χ1n) is 2.15. The minimum absolute atomic E-state index is 0.550. The van der Waals surface area contributed by atoms with Crippen molar-refractivity contribution in [2.45, 2.75) is 0 Å². The summed E-state index contributed by atoms with van der Waals surface area (Å²) in [4.78, 5) is 7.96. The van der Waals surface area contributed by atoms with Gasteiger partial charge in [0.25, 0.3) is 0 Å². The van der Waals surface area contributed by atoms with Crippen LogP contribution in [0.3, 0.4) is 0 Å². The van der Waals surface area contributed by atoms with Gasteiger partial charge in [0.1, 0.15) is 9.21 Å². The normalized spacial score (nSPS) is 10.0. The Morgan fingerprint density at radius 3 is 1.60 bits per heavy atom. The summed E-state index contributed by atoms with van der Waals surface area (Å²) in [7, 11) is 0. The van der Waals surface area contributed by atoms with E-state index in [9.17, 15) is 0 Å². The Kier molecular flexibility index (Phi) is 3.27. The second kappa shape index (κ2) is 3.60. The maximum Gasteiger partial charge on any atom is 0.198 e. The summed E-state index contributed by atoms with van der Waals surface area (Å²) in [6.07, 6.45) is 0. The lowest BCUT2D eigenvalue weighted by atomic mass is 10.7. The van der Waals surface area contributed by atoms with Gasteiger partial charge < -0.3 is 0 Å². The topological polar surface area (TPSA) is 25.8 Å². The predicted octanol–water partition coefficient (Wildman–Crippen LogP) is 3.53. The van der Waals surface area contributed by atoms with Crippen molar-refractivity contribution in [2.75, 3.05) is 0 Å². The first-order valence-corrected chi connectivity index (χ1v) is 5.32. The molecule has 2 nitrogen and oxygen atoms in total. The van der Waals surface area contributed by atoms with Gasteiger partial charge in [0.15, 0.2) is 4.73 Å². The summed E-state index contributed by atoms with van der Waals surface area (Å²) in [5.41, 5.74) is 0. The predicted molar refractivity (Wildman–Crippen MR) is 52.8 cm³/mol. The Hall–Kier alpha value is 1.000. The summed E-state index contributed by atoms with van der Waals surface area (Å²) in [5, 5.41) is 0.